The number of para-hydroxylation sites is 1. The molecule has 0 spiro atoms. The third-order valence-electron chi connectivity index (χ3n) is 2.08. The zero-order valence-electron chi connectivity index (χ0n) is 7.71. The maximum absolute atomic E-state index is 12.5. The Kier molecular flexibility index (Phi) is 2.39. The highest BCUT2D eigenvalue weighted by Gasteiger charge is 2.62. The van der Waals surface area contributed by atoms with Gasteiger partial charge in [0.1, 0.15) is 0 Å². The molecule has 0 aromatic heterocycles. The molecule has 7 heteroatoms. The maximum atomic E-state index is 12.5. The molecule has 0 bridgehead atoms. The molecule has 86 valence electrons. The van der Waals surface area contributed by atoms with E-state index in [-0.39, 0.29) is 22.3 Å². The fraction of sp³-hybridized carbons (Fsp3) is 0.222. The zero-order valence-corrected chi connectivity index (χ0v) is 8.52. The van der Waals surface area contributed by atoms with Crippen LogP contribution in [0.2, 0.25) is 0 Å². The van der Waals surface area contributed by atoms with Gasteiger partial charge in [-0.15, -0.1) is 0 Å². The van der Waals surface area contributed by atoms with Crippen molar-refractivity contribution in [1.82, 2.24) is 0 Å². The van der Waals surface area contributed by atoms with Crippen molar-refractivity contribution < 1.29 is 23.1 Å². The fourth-order valence-electron chi connectivity index (χ4n) is 1.26. The molecule has 0 saturated heterocycles. The lowest BCUT2D eigenvalue weighted by atomic mass is 10.2. The van der Waals surface area contributed by atoms with Crippen molar-refractivity contribution in [2.75, 3.05) is 5.32 Å². The molecule has 0 unspecified atom stereocenters. The van der Waals surface area contributed by atoms with Crippen LogP contribution in [0.1, 0.15) is 0 Å². The second kappa shape index (κ2) is 3.39. The summed E-state index contributed by atoms with van der Waals surface area (Å²) in [4.78, 5) is 7.99. The van der Waals surface area contributed by atoms with E-state index < -0.39 is 17.0 Å². The van der Waals surface area contributed by atoms with Crippen molar-refractivity contribution in [2.24, 2.45) is 0 Å². The summed E-state index contributed by atoms with van der Waals surface area (Å²) in [5.74, 6) is -1.47. The highest BCUT2D eigenvalue weighted by molar-refractivity contribution is 8.01. The lowest BCUT2D eigenvalue weighted by Crippen LogP contribution is -2.53. The number of aliphatic hydroxyl groups is 1. The van der Waals surface area contributed by atoms with Crippen molar-refractivity contribution >= 4 is 23.4 Å². The van der Waals surface area contributed by atoms with Gasteiger partial charge >= 0.3 is 6.18 Å². The smallest absolute Gasteiger partial charge is 0.364 e. The number of rotatable bonds is 0. The molecule has 1 amide bonds. The first-order valence-electron chi connectivity index (χ1n) is 4.23. The summed E-state index contributed by atoms with van der Waals surface area (Å²) >= 11 is 0.0929. The number of fused-ring (bicyclic) bond motifs is 1. The Morgan fingerprint density at radius 3 is 2.56 bits per heavy atom. The quantitative estimate of drug-likeness (QED) is 0.739. The number of thioether (sulfide) groups is 1. The zero-order chi connectivity index (χ0) is 12.0. The number of benzene rings is 1. The van der Waals surface area contributed by atoms with Crippen molar-refractivity contribution in [1.29, 1.82) is 0 Å². The van der Waals surface area contributed by atoms with Crippen molar-refractivity contribution in [2.45, 2.75) is 16.0 Å². The molecule has 1 atom stereocenters. The van der Waals surface area contributed by atoms with E-state index in [9.17, 15) is 23.1 Å². The first-order chi connectivity index (χ1) is 7.34. The molecule has 0 radical (unpaired) electrons. The van der Waals surface area contributed by atoms with Gasteiger partial charge < -0.3 is 10.4 Å². The van der Waals surface area contributed by atoms with Gasteiger partial charge in [0.15, 0.2) is 0 Å². The molecule has 0 saturated carbocycles. The van der Waals surface area contributed by atoms with Gasteiger partial charge in [-0.3, -0.25) is 4.79 Å². The standard InChI is InChI=1S/C9H6F3NO2S/c10-9(11,12)8(15)7(14)13-5-3-1-2-4-6(5)16-8/h1-4,15H,(H,13,14)/t8-/m1/s1. The monoisotopic (exact) mass is 249 g/mol. The van der Waals surface area contributed by atoms with E-state index in [1.165, 1.54) is 18.2 Å². The first kappa shape index (κ1) is 11.3. The molecule has 1 aromatic rings. The van der Waals surface area contributed by atoms with Gasteiger partial charge in [-0.1, -0.05) is 23.9 Å². The van der Waals surface area contributed by atoms with Gasteiger partial charge in [-0.05, 0) is 12.1 Å². The molecule has 0 aliphatic carbocycles. The van der Waals surface area contributed by atoms with Crippen molar-refractivity contribution in [3.8, 4) is 0 Å². The Balaban J connectivity index is 2.46. The molecule has 1 aliphatic heterocycles. The molecular weight excluding hydrogens is 243 g/mol. The number of alkyl halides is 3. The van der Waals surface area contributed by atoms with E-state index in [1.54, 1.807) is 6.07 Å². The van der Waals surface area contributed by atoms with E-state index in [0.29, 0.717) is 0 Å². The minimum atomic E-state index is -5.02. The predicted octanol–water partition coefficient (Wildman–Crippen LogP) is 1.98. The second-order valence-corrected chi connectivity index (χ2v) is 4.43. The fourth-order valence-corrected chi connectivity index (χ4v) is 2.21. The van der Waals surface area contributed by atoms with Crippen LogP contribution < -0.4 is 5.32 Å². The number of amides is 1. The Bertz CT molecular complexity index is 449. The summed E-state index contributed by atoms with van der Waals surface area (Å²) in [5.41, 5.74) is 0.270. The average molecular weight is 249 g/mol. The van der Waals surface area contributed by atoms with Gasteiger partial charge in [-0.25, -0.2) is 0 Å². The van der Waals surface area contributed by atoms with Gasteiger partial charge in [-0.2, -0.15) is 13.2 Å². The third-order valence-corrected chi connectivity index (χ3v) is 3.37. The van der Waals surface area contributed by atoms with E-state index in [2.05, 4.69) is 0 Å². The molecule has 3 nitrogen and oxygen atoms in total. The molecule has 2 N–H and O–H groups in total. The van der Waals surface area contributed by atoms with Crippen LogP contribution in [0, 0.1) is 0 Å². The van der Waals surface area contributed by atoms with Crippen LogP contribution in [-0.4, -0.2) is 22.1 Å². The van der Waals surface area contributed by atoms with Crippen molar-refractivity contribution in [3.63, 3.8) is 0 Å². The maximum Gasteiger partial charge on any atom is 0.436 e. The molecule has 1 aromatic carbocycles. The molecular formula is C9H6F3NO2S. The van der Waals surface area contributed by atoms with E-state index >= 15 is 0 Å². The van der Waals surface area contributed by atoms with E-state index in [1.807, 2.05) is 5.32 Å². The normalized spacial score (nSPS) is 24.9. The topological polar surface area (TPSA) is 49.3 Å². The van der Waals surface area contributed by atoms with Crippen LogP contribution in [0.3, 0.4) is 0 Å². The lowest BCUT2D eigenvalue weighted by Gasteiger charge is -2.32. The van der Waals surface area contributed by atoms with E-state index in [0.717, 1.165) is 0 Å². The number of halogens is 3. The highest BCUT2D eigenvalue weighted by Crippen LogP contribution is 2.48. The molecule has 2 rings (SSSR count). The summed E-state index contributed by atoms with van der Waals surface area (Å²) in [6.07, 6.45) is -5.02. The minimum Gasteiger partial charge on any atom is -0.364 e. The first-order valence-corrected chi connectivity index (χ1v) is 5.05. The van der Waals surface area contributed by atoms with Crippen LogP contribution in [0.4, 0.5) is 18.9 Å². The van der Waals surface area contributed by atoms with Crippen LogP contribution in [0.5, 0.6) is 0 Å². The number of hydrogen-bond donors (Lipinski definition) is 2. The average Bonchev–Trinajstić information content (AvgIpc) is 2.18. The van der Waals surface area contributed by atoms with Crippen LogP contribution in [-0.2, 0) is 4.79 Å². The highest BCUT2D eigenvalue weighted by atomic mass is 32.2. The Labute approximate surface area is 92.6 Å². The summed E-state index contributed by atoms with van der Waals surface area (Å²) in [6.45, 7) is 0. The number of anilines is 1. The Morgan fingerprint density at radius 1 is 1.31 bits per heavy atom. The summed E-state index contributed by atoms with van der Waals surface area (Å²) < 4.78 is 37.6. The number of nitrogens with one attached hydrogen (secondary N) is 1. The number of carbonyl (C=O) groups is 1. The SMILES string of the molecule is O=C1Nc2ccccc2S[C@@]1(O)C(F)(F)F. The second-order valence-electron chi connectivity index (χ2n) is 3.19. The number of carbonyl (C=O) groups excluding carboxylic acids is 1. The molecule has 1 heterocycles. The van der Waals surface area contributed by atoms with Crippen LogP contribution >= 0.6 is 11.8 Å². The van der Waals surface area contributed by atoms with Gasteiger partial charge in [0.25, 0.3) is 10.8 Å². The largest absolute Gasteiger partial charge is 0.436 e. The lowest BCUT2D eigenvalue weighted by molar-refractivity contribution is -0.215. The third kappa shape index (κ3) is 1.56. The molecule has 1 aliphatic rings. The van der Waals surface area contributed by atoms with Crippen molar-refractivity contribution in [3.05, 3.63) is 24.3 Å². The minimum absolute atomic E-state index is 0.0929. The molecule has 0 fully saturated rings. The molecule has 16 heavy (non-hydrogen) atoms. The Hall–Kier alpha value is -1.21. The summed E-state index contributed by atoms with van der Waals surface area (Å²) in [5, 5.41) is 11.4. The van der Waals surface area contributed by atoms with Crippen LogP contribution in [0.15, 0.2) is 29.2 Å². The summed E-state index contributed by atoms with van der Waals surface area (Å²) in [6, 6.07) is 5.98. The van der Waals surface area contributed by atoms with Gasteiger partial charge in [0.05, 0.1) is 5.69 Å². The van der Waals surface area contributed by atoms with E-state index in [4.69, 9.17) is 0 Å². The van der Waals surface area contributed by atoms with Gasteiger partial charge in [0, 0.05) is 4.90 Å². The summed E-state index contributed by atoms with van der Waals surface area (Å²) in [7, 11) is 0. The van der Waals surface area contributed by atoms with Gasteiger partial charge in [0.2, 0.25) is 0 Å². The number of hydrogen-bond acceptors (Lipinski definition) is 3. The van der Waals surface area contributed by atoms with Crippen LogP contribution in [0.25, 0.3) is 0 Å². The predicted molar refractivity (Wildman–Crippen MR) is 51.9 cm³/mol. The Morgan fingerprint density at radius 2 is 1.94 bits per heavy atom.